The Morgan fingerprint density at radius 2 is 1.84 bits per heavy atom. The zero-order chi connectivity index (χ0) is 26.8. The van der Waals surface area contributed by atoms with E-state index in [2.05, 4.69) is 33.0 Å². The van der Waals surface area contributed by atoms with Gasteiger partial charge in [-0.2, -0.15) is 0 Å². The van der Waals surface area contributed by atoms with Crippen LogP contribution in [0.15, 0.2) is 11.3 Å². The van der Waals surface area contributed by atoms with Gasteiger partial charge in [-0.1, -0.05) is 20.8 Å². The van der Waals surface area contributed by atoms with Crippen molar-refractivity contribution in [1.82, 2.24) is 5.32 Å². The smallest absolute Gasteiger partial charge is 0.407 e. The molecule has 4 aliphatic carbocycles. The number of nitrogens with one attached hydrogen (secondary N) is 1. The number of aliphatic hydroxyl groups excluding tert-OH is 1. The summed E-state index contributed by atoms with van der Waals surface area (Å²) in [6.45, 7) is 16.0. The van der Waals surface area contributed by atoms with Crippen molar-refractivity contribution in [3.05, 3.63) is 11.3 Å². The van der Waals surface area contributed by atoms with Gasteiger partial charge < -0.3 is 19.9 Å². The summed E-state index contributed by atoms with van der Waals surface area (Å²) in [6, 6.07) is 0. The van der Waals surface area contributed by atoms with Crippen LogP contribution >= 0.6 is 0 Å². The van der Waals surface area contributed by atoms with E-state index in [0.29, 0.717) is 35.3 Å². The normalized spacial score (nSPS) is 43.7. The molecule has 37 heavy (non-hydrogen) atoms. The highest BCUT2D eigenvalue weighted by molar-refractivity contribution is 5.67. The van der Waals surface area contributed by atoms with Gasteiger partial charge in [0.15, 0.2) is 0 Å². The number of aliphatic hydroxyl groups is 1. The van der Waals surface area contributed by atoms with Crippen molar-refractivity contribution in [3.63, 3.8) is 0 Å². The zero-order valence-electron chi connectivity index (χ0n) is 24.6. The quantitative estimate of drug-likeness (QED) is 0.405. The van der Waals surface area contributed by atoms with E-state index < -0.39 is 5.60 Å². The summed E-state index contributed by atoms with van der Waals surface area (Å²) < 4.78 is 12.1. The van der Waals surface area contributed by atoms with Crippen LogP contribution in [0.4, 0.5) is 4.79 Å². The minimum absolute atomic E-state index is 0.0651. The number of alkyl carbamates (subject to hydrolysis) is 1. The van der Waals surface area contributed by atoms with Crippen LogP contribution in [-0.2, 0) is 9.47 Å². The Labute approximate surface area is 225 Å². The molecule has 1 heterocycles. The van der Waals surface area contributed by atoms with Crippen molar-refractivity contribution in [2.45, 2.75) is 130 Å². The van der Waals surface area contributed by atoms with Gasteiger partial charge in [-0.25, -0.2) is 4.79 Å². The van der Waals surface area contributed by atoms with Crippen LogP contribution in [0.5, 0.6) is 0 Å². The van der Waals surface area contributed by atoms with Crippen molar-refractivity contribution in [1.29, 1.82) is 0 Å². The molecule has 210 valence electrons. The summed E-state index contributed by atoms with van der Waals surface area (Å²) in [4.78, 5) is 12.0. The molecule has 4 saturated carbocycles. The second-order valence-electron chi connectivity index (χ2n) is 15.1. The second kappa shape index (κ2) is 9.75. The number of hydrogen-bond acceptors (Lipinski definition) is 4. The molecule has 0 radical (unpaired) electrons. The standard InChI is InChI=1S/C32H53NO4/c1-19(18-33-29(35)37-30(3,4)5)8-11-26-20(2)28-27(36-26)17-25-23-10-9-21-16-22(34)12-14-31(21,6)24(23)13-15-32(25,28)7/h19,21-25,27-28,34H,8-18H2,1-7H3,(H,33,35)/t19-,21-,22-,23+,24-,25-,27-,28-,31-,32-/m0/s1. The number of rotatable bonds is 5. The molecule has 0 aromatic heterocycles. The number of fused-ring (bicyclic) bond motifs is 7. The van der Waals surface area contributed by atoms with E-state index >= 15 is 0 Å². The SMILES string of the molecule is CC1=C(CC[C@H](C)CNC(=O)OC(C)(C)C)O[C@H]2C[C@H]3[C@@H]4CC[C@H]5C[C@@H](O)CC[C@]5(C)[C@H]4CC[C@]3(C)[C@@H]12. The molecule has 0 bridgehead atoms. The topological polar surface area (TPSA) is 67.8 Å². The van der Waals surface area contributed by atoms with E-state index in [9.17, 15) is 9.90 Å². The average molecular weight is 516 g/mol. The van der Waals surface area contributed by atoms with Crippen LogP contribution in [0.1, 0.15) is 113 Å². The molecular weight excluding hydrogens is 462 g/mol. The lowest BCUT2D eigenvalue weighted by atomic mass is 9.44. The van der Waals surface area contributed by atoms with Crippen molar-refractivity contribution < 1.29 is 19.4 Å². The fourth-order valence-corrected chi connectivity index (χ4v) is 9.87. The van der Waals surface area contributed by atoms with Gasteiger partial charge in [0.1, 0.15) is 11.7 Å². The van der Waals surface area contributed by atoms with Gasteiger partial charge in [-0.05, 0) is 131 Å². The highest BCUT2D eigenvalue weighted by Crippen LogP contribution is 2.69. The molecule has 0 aromatic rings. The maximum Gasteiger partial charge on any atom is 0.407 e. The van der Waals surface area contributed by atoms with Gasteiger partial charge in [0.2, 0.25) is 0 Å². The summed E-state index contributed by atoms with van der Waals surface area (Å²) in [5.74, 6) is 5.34. The highest BCUT2D eigenvalue weighted by Gasteiger charge is 2.64. The molecule has 0 saturated heterocycles. The Bertz CT molecular complexity index is 907. The summed E-state index contributed by atoms with van der Waals surface area (Å²) >= 11 is 0. The van der Waals surface area contributed by atoms with E-state index in [1.165, 1.54) is 49.9 Å². The van der Waals surface area contributed by atoms with Crippen LogP contribution in [0.3, 0.4) is 0 Å². The van der Waals surface area contributed by atoms with Crippen LogP contribution in [-0.4, -0.2) is 35.6 Å². The monoisotopic (exact) mass is 515 g/mol. The molecule has 10 atom stereocenters. The van der Waals surface area contributed by atoms with Crippen molar-refractivity contribution in [3.8, 4) is 0 Å². The first kappa shape index (κ1) is 27.3. The molecule has 1 amide bonds. The molecule has 0 unspecified atom stereocenters. The first-order valence-electron chi connectivity index (χ1n) is 15.3. The van der Waals surface area contributed by atoms with E-state index in [4.69, 9.17) is 9.47 Å². The summed E-state index contributed by atoms with van der Waals surface area (Å²) in [5, 5.41) is 13.3. The number of hydrogen-bond donors (Lipinski definition) is 2. The van der Waals surface area contributed by atoms with E-state index in [1.54, 1.807) is 0 Å². The summed E-state index contributed by atoms with van der Waals surface area (Å²) in [6.07, 6.45) is 11.8. The Morgan fingerprint density at radius 3 is 2.57 bits per heavy atom. The minimum Gasteiger partial charge on any atom is -0.494 e. The molecule has 5 aliphatic rings. The van der Waals surface area contributed by atoms with E-state index in [-0.39, 0.29) is 12.2 Å². The first-order valence-corrected chi connectivity index (χ1v) is 15.3. The summed E-state index contributed by atoms with van der Waals surface area (Å²) in [7, 11) is 0. The molecule has 5 heteroatoms. The molecule has 5 nitrogen and oxygen atoms in total. The predicted molar refractivity (Wildman–Crippen MR) is 147 cm³/mol. The van der Waals surface area contributed by atoms with Gasteiger partial charge in [-0.3, -0.25) is 0 Å². The van der Waals surface area contributed by atoms with Gasteiger partial charge in [0.05, 0.1) is 11.9 Å². The molecular formula is C32H53NO4. The highest BCUT2D eigenvalue weighted by atomic mass is 16.6. The van der Waals surface area contributed by atoms with Crippen molar-refractivity contribution >= 4 is 6.09 Å². The maximum atomic E-state index is 12.0. The second-order valence-corrected chi connectivity index (χ2v) is 15.1. The van der Waals surface area contributed by atoms with Crippen LogP contribution in [0.2, 0.25) is 0 Å². The Morgan fingerprint density at radius 1 is 1.11 bits per heavy atom. The van der Waals surface area contributed by atoms with Gasteiger partial charge >= 0.3 is 6.09 Å². The van der Waals surface area contributed by atoms with E-state index in [0.717, 1.165) is 49.4 Å². The third-order valence-electron chi connectivity index (χ3n) is 11.7. The summed E-state index contributed by atoms with van der Waals surface area (Å²) in [5.41, 5.74) is 1.84. The molecule has 5 rings (SSSR count). The lowest BCUT2D eigenvalue weighted by molar-refractivity contribution is -0.124. The van der Waals surface area contributed by atoms with E-state index in [1.807, 2.05) is 20.8 Å². The number of amides is 1. The van der Waals surface area contributed by atoms with Crippen LogP contribution in [0.25, 0.3) is 0 Å². The predicted octanol–water partition coefficient (Wildman–Crippen LogP) is 7.23. The maximum absolute atomic E-state index is 12.0. The lowest BCUT2D eigenvalue weighted by Crippen LogP contribution is -2.54. The number of allylic oxidation sites excluding steroid dienone is 1. The van der Waals surface area contributed by atoms with Crippen LogP contribution < -0.4 is 5.32 Å². The molecule has 0 aromatic carbocycles. The fourth-order valence-electron chi connectivity index (χ4n) is 9.87. The van der Waals surface area contributed by atoms with Crippen molar-refractivity contribution in [2.24, 2.45) is 46.3 Å². The number of carbonyl (C=O) groups excluding carboxylic acids is 1. The Kier molecular flexibility index (Phi) is 7.21. The van der Waals surface area contributed by atoms with Crippen LogP contribution in [0, 0.1) is 46.3 Å². The largest absolute Gasteiger partial charge is 0.494 e. The van der Waals surface area contributed by atoms with Crippen molar-refractivity contribution in [2.75, 3.05) is 6.54 Å². The third kappa shape index (κ3) is 4.96. The average Bonchev–Trinajstić information content (AvgIpc) is 3.29. The Hall–Kier alpha value is -1.23. The number of carbonyl (C=O) groups is 1. The molecule has 2 N–H and O–H groups in total. The Balaban J connectivity index is 1.20. The first-order chi connectivity index (χ1) is 17.3. The van der Waals surface area contributed by atoms with Gasteiger partial charge in [0.25, 0.3) is 0 Å². The lowest BCUT2D eigenvalue weighted by Gasteiger charge is -2.60. The van der Waals surface area contributed by atoms with Gasteiger partial charge in [-0.15, -0.1) is 0 Å². The molecule has 0 spiro atoms. The fraction of sp³-hybridized carbons (Fsp3) is 0.906. The zero-order valence-corrected chi connectivity index (χ0v) is 24.6. The third-order valence-corrected chi connectivity index (χ3v) is 11.7. The number of ether oxygens (including phenoxy) is 2. The molecule has 1 aliphatic heterocycles. The molecule has 4 fully saturated rings. The van der Waals surface area contributed by atoms with Gasteiger partial charge in [0, 0.05) is 18.9 Å². The minimum atomic E-state index is -0.465.